The number of halogens is 1. The van der Waals surface area contributed by atoms with Crippen molar-refractivity contribution in [2.75, 3.05) is 6.54 Å². The number of aromatic nitrogens is 2. The Kier molecular flexibility index (Phi) is 2.20. The molecule has 0 atom stereocenters. The molecule has 3 nitrogen and oxygen atoms in total. The molecule has 1 heterocycles. The van der Waals surface area contributed by atoms with Crippen LogP contribution in [0, 0.1) is 0 Å². The van der Waals surface area contributed by atoms with E-state index in [-0.39, 0.29) is 0 Å². The molecule has 0 spiro atoms. The fourth-order valence-electron chi connectivity index (χ4n) is 1.34. The molecule has 4 heteroatoms. The lowest BCUT2D eigenvalue weighted by molar-refractivity contribution is 0.646. The third-order valence-electron chi connectivity index (χ3n) is 1.95. The Morgan fingerprint density at radius 2 is 2.31 bits per heavy atom. The first-order valence-electron chi connectivity index (χ1n) is 4.12. The highest BCUT2D eigenvalue weighted by Crippen LogP contribution is 2.18. The molecule has 0 saturated heterocycles. The lowest BCUT2D eigenvalue weighted by Crippen LogP contribution is -2.10. The van der Waals surface area contributed by atoms with Gasteiger partial charge in [-0.2, -0.15) is 5.10 Å². The molecule has 0 bridgehead atoms. The quantitative estimate of drug-likeness (QED) is 0.792. The summed E-state index contributed by atoms with van der Waals surface area (Å²) in [6, 6.07) is 5.72. The molecule has 1 aromatic heterocycles. The van der Waals surface area contributed by atoms with Gasteiger partial charge in [0.25, 0.3) is 0 Å². The lowest BCUT2D eigenvalue weighted by Gasteiger charge is -2.00. The van der Waals surface area contributed by atoms with E-state index >= 15 is 0 Å². The van der Waals surface area contributed by atoms with E-state index in [0.717, 1.165) is 22.5 Å². The van der Waals surface area contributed by atoms with Gasteiger partial charge in [0.1, 0.15) is 0 Å². The number of hydrogen-bond acceptors (Lipinski definition) is 2. The minimum absolute atomic E-state index is 0.587. The summed E-state index contributed by atoms with van der Waals surface area (Å²) in [6.45, 7) is 1.31. The van der Waals surface area contributed by atoms with E-state index in [1.54, 1.807) is 0 Å². The Hall–Kier alpha value is -1.06. The molecule has 0 aliphatic rings. The van der Waals surface area contributed by atoms with Gasteiger partial charge in [0, 0.05) is 17.0 Å². The van der Waals surface area contributed by atoms with Crippen LogP contribution in [-0.4, -0.2) is 16.3 Å². The third-order valence-corrected chi connectivity index (χ3v) is 2.18. The van der Waals surface area contributed by atoms with E-state index in [4.69, 9.17) is 17.3 Å². The van der Waals surface area contributed by atoms with Crippen molar-refractivity contribution in [3.05, 3.63) is 29.4 Å². The SMILES string of the molecule is NCCn1ncc2ccc(Cl)cc21. The Morgan fingerprint density at radius 3 is 3.08 bits per heavy atom. The van der Waals surface area contributed by atoms with Crippen LogP contribution in [0.3, 0.4) is 0 Å². The van der Waals surface area contributed by atoms with Crippen LogP contribution < -0.4 is 5.73 Å². The first-order chi connectivity index (χ1) is 6.31. The number of nitrogens with two attached hydrogens (primary N) is 1. The summed E-state index contributed by atoms with van der Waals surface area (Å²) in [5, 5.41) is 6.03. The Morgan fingerprint density at radius 1 is 1.46 bits per heavy atom. The number of benzene rings is 1. The van der Waals surface area contributed by atoms with Gasteiger partial charge in [0.2, 0.25) is 0 Å². The maximum Gasteiger partial charge on any atom is 0.0697 e. The first kappa shape index (κ1) is 8.53. The molecule has 0 amide bonds. The fourth-order valence-corrected chi connectivity index (χ4v) is 1.51. The predicted molar refractivity (Wildman–Crippen MR) is 53.8 cm³/mol. The van der Waals surface area contributed by atoms with Crippen LogP contribution >= 0.6 is 11.6 Å². The topological polar surface area (TPSA) is 43.8 Å². The molecule has 68 valence electrons. The van der Waals surface area contributed by atoms with Crippen LogP contribution in [0.1, 0.15) is 0 Å². The Labute approximate surface area is 81.1 Å². The minimum atomic E-state index is 0.587. The molecule has 0 aliphatic carbocycles. The zero-order valence-corrected chi connectivity index (χ0v) is 7.83. The first-order valence-corrected chi connectivity index (χ1v) is 4.50. The fraction of sp³-hybridized carbons (Fsp3) is 0.222. The van der Waals surface area contributed by atoms with Gasteiger partial charge < -0.3 is 5.73 Å². The van der Waals surface area contributed by atoms with Crippen molar-refractivity contribution in [3.63, 3.8) is 0 Å². The van der Waals surface area contributed by atoms with Crippen molar-refractivity contribution < 1.29 is 0 Å². The summed E-state index contributed by atoms with van der Waals surface area (Å²) in [5.41, 5.74) is 6.49. The van der Waals surface area contributed by atoms with Crippen LogP contribution in [0.2, 0.25) is 5.02 Å². The molecule has 13 heavy (non-hydrogen) atoms. The lowest BCUT2D eigenvalue weighted by atomic mass is 10.2. The Balaban J connectivity index is 2.58. The summed E-state index contributed by atoms with van der Waals surface area (Å²) >= 11 is 5.88. The van der Waals surface area contributed by atoms with Gasteiger partial charge in [-0.25, -0.2) is 0 Å². The van der Waals surface area contributed by atoms with Gasteiger partial charge in [-0.3, -0.25) is 4.68 Å². The van der Waals surface area contributed by atoms with Crippen LogP contribution in [-0.2, 0) is 6.54 Å². The van der Waals surface area contributed by atoms with Crippen LogP contribution in [0.25, 0.3) is 10.9 Å². The molecule has 2 aromatic rings. The van der Waals surface area contributed by atoms with Crippen LogP contribution in [0.15, 0.2) is 24.4 Å². The van der Waals surface area contributed by atoms with Crippen molar-refractivity contribution in [1.82, 2.24) is 9.78 Å². The van der Waals surface area contributed by atoms with Crippen molar-refractivity contribution in [2.45, 2.75) is 6.54 Å². The molecular formula is C9H10ClN3. The zero-order chi connectivity index (χ0) is 9.26. The number of nitrogens with zero attached hydrogens (tertiary/aromatic N) is 2. The van der Waals surface area contributed by atoms with Gasteiger partial charge in [0.15, 0.2) is 0 Å². The van der Waals surface area contributed by atoms with E-state index in [2.05, 4.69) is 5.10 Å². The van der Waals surface area contributed by atoms with Gasteiger partial charge in [0.05, 0.1) is 18.3 Å². The number of rotatable bonds is 2. The molecule has 2 N–H and O–H groups in total. The van der Waals surface area contributed by atoms with Crippen molar-refractivity contribution in [3.8, 4) is 0 Å². The largest absolute Gasteiger partial charge is 0.329 e. The molecule has 1 aromatic carbocycles. The van der Waals surface area contributed by atoms with Gasteiger partial charge in [-0.1, -0.05) is 11.6 Å². The van der Waals surface area contributed by atoms with E-state index in [1.165, 1.54) is 0 Å². The van der Waals surface area contributed by atoms with Crippen molar-refractivity contribution in [2.24, 2.45) is 5.73 Å². The van der Waals surface area contributed by atoms with E-state index in [1.807, 2.05) is 29.1 Å². The Bertz CT molecular complexity index is 422. The van der Waals surface area contributed by atoms with Gasteiger partial charge in [-0.05, 0) is 18.2 Å². The van der Waals surface area contributed by atoms with Gasteiger partial charge >= 0.3 is 0 Å². The van der Waals surface area contributed by atoms with Crippen molar-refractivity contribution in [1.29, 1.82) is 0 Å². The molecule has 0 fully saturated rings. The summed E-state index contributed by atoms with van der Waals surface area (Å²) in [7, 11) is 0. The average Bonchev–Trinajstić information content (AvgIpc) is 2.49. The second-order valence-corrected chi connectivity index (χ2v) is 3.30. The second kappa shape index (κ2) is 3.36. The molecule has 0 aliphatic heterocycles. The molecular weight excluding hydrogens is 186 g/mol. The highest BCUT2D eigenvalue weighted by molar-refractivity contribution is 6.31. The molecule has 2 rings (SSSR count). The second-order valence-electron chi connectivity index (χ2n) is 2.86. The third kappa shape index (κ3) is 1.53. The van der Waals surface area contributed by atoms with E-state index in [0.29, 0.717) is 6.54 Å². The number of fused-ring (bicyclic) bond motifs is 1. The highest BCUT2D eigenvalue weighted by atomic mass is 35.5. The standard InChI is InChI=1S/C9H10ClN3/c10-8-2-1-7-6-12-13(4-3-11)9(7)5-8/h1-2,5-6H,3-4,11H2. The molecule has 0 radical (unpaired) electrons. The summed E-state index contributed by atoms with van der Waals surface area (Å²) in [6.07, 6.45) is 1.82. The normalized spacial score (nSPS) is 10.9. The maximum atomic E-state index is 5.88. The predicted octanol–water partition coefficient (Wildman–Crippen LogP) is 1.65. The smallest absolute Gasteiger partial charge is 0.0697 e. The van der Waals surface area contributed by atoms with Crippen LogP contribution in [0.4, 0.5) is 0 Å². The highest BCUT2D eigenvalue weighted by Gasteiger charge is 2.01. The monoisotopic (exact) mass is 195 g/mol. The zero-order valence-electron chi connectivity index (χ0n) is 7.07. The molecule has 0 saturated carbocycles. The van der Waals surface area contributed by atoms with Crippen molar-refractivity contribution >= 4 is 22.5 Å². The van der Waals surface area contributed by atoms with Gasteiger partial charge in [-0.15, -0.1) is 0 Å². The van der Waals surface area contributed by atoms with Crippen LogP contribution in [0.5, 0.6) is 0 Å². The number of hydrogen-bond donors (Lipinski definition) is 1. The van der Waals surface area contributed by atoms with E-state index in [9.17, 15) is 0 Å². The molecule has 0 unspecified atom stereocenters. The summed E-state index contributed by atoms with van der Waals surface area (Å²) < 4.78 is 1.86. The average molecular weight is 196 g/mol. The summed E-state index contributed by atoms with van der Waals surface area (Å²) in [5.74, 6) is 0. The van der Waals surface area contributed by atoms with E-state index < -0.39 is 0 Å². The summed E-state index contributed by atoms with van der Waals surface area (Å²) in [4.78, 5) is 0. The maximum absolute atomic E-state index is 5.88. The minimum Gasteiger partial charge on any atom is -0.329 e.